The molecule has 2 aromatic rings. The zero-order valence-corrected chi connectivity index (χ0v) is 12.0. The van der Waals surface area contributed by atoms with Gasteiger partial charge in [0, 0.05) is 31.7 Å². The molecular weight excluding hydrogens is 282 g/mol. The van der Waals surface area contributed by atoms with Crippen molar-refractivity contribution in [2.24, 2.45) is 0 Å². The van der Waals surface area contributed by atoms with Gasteiger partial charge in [-0.15, -0.1) is 0 Å². The summed E-state index contributed by atoms with van der Waals surface area (Å²) in [6.45, 7) is 1.09. The van der Waals surface area contributed by atoms with Gasteiger partial charge in [0.25, 0.3) is 0 Å². The highest BCUT2D eigenvalue weighted by Gasteiger charge is 2.24. The van der Waals surface area contributed by atoms with E-state index >= 15 is 0 Å². The Morgan fingerprint density at radius 1 is 1.23 bits per heavy atom. The Morgan fingerprint density at radius 2 is 1.91 bits per heavy atom. The van der Waals surface area contributed by atoms with Crippen molar-refractivity contribution in [3.8, 4) is 11.4 Å². The maximum Gasteiger partial charge on any atom is 0.407 e. The number of carbonyl (C=O) groups is 1. The Kier molecular flexibility index (Phi) is 3.86. The van der Waals surface area contributed by atoms with E-state index in [-0.39, 0.29) is 5.92 Å². The molecule has 0 spiro atoms. The number of amides is 1. The average Bonchev–Trinajstić information content (AvgIpc) is 2.56. The van der Waals surface area contributed by atoms with Crippen LogP contribution in [-0.2, 0) is 0 Å². The molecule has 3 N–H and O–H groups in total. The SMILES string of the molecule is Nc1ncc(C2CCN(C(=O)O)CC2)cc1-c1ncccn1. The molecule has 0 aliphatic carbocycles. The van der Waals surface area contributed by atoms with Gasteiger partial charge in [-0.3, -0.25) is 0 Å². The third kappa shape index (κ3) is 2.83. The van der Waals surface area contributed by atoms with Crippen LogP contribution in [0.4, 0.5) is 10.6 Å². The van der Waals surface area contributed by atoms with E-state index in [4.69, 9.17) is 10.8 Å². The number of likely N-dealkylation sites (tertiary alicyclic amines) is 1. The van der Waals surface area contributed by atoms with Gasteiger partial charge in [-0.25, -0.2) is 19.7 Å². The van der Waals surface area contributed by atoms with Crippen LogP contribution in [0.15, 0.2) is 30.7 Å². The fraction of sp³-hybridized carbons (Fsp3) is 0.333. The van der Waals surface area contributed by atoms with Crippen LogP contribution in [0, 0.1) is 0 Å². The summed E-state index contributed by atoms with van der Waals surface area (Å²) in [5.41, 5.74) is 7.71. The molecule has 1 saturated heterocycles. The predicted octanol–water partition coefficient (Wildman–Crippen LogP) is 1.98. The number of nitrogen functional groups attached to an aromatic ring is 1. The number of hydrogen-bond donors (Lipinski definition) is 2. The van der Waals surface area contributed by atoms with Gasteiger partial charge in [-0.1, -0.05) is 0 Å². The number of piperidine rings is 1. The van der Waals surface area contributed by atoms with Gasteiger partial charge in [0.1, 0.15) is 5.82 Å². The maximum absolute atomic E-state index is 11.0. The molecule has 22 heavy (non-hydrogen) atoms. The summed E-state index contributed by atoms with van der Waals surface area (Å²) in [6.07, 6.45) is 5.81. The first-order valence-corrected chi connectivity index (χ1v) is 7.16. The third-order valence-corrected chi connectivity index (χ3v) is 3.98. The summed E-state index contributed by atoms with van der Waals surface area (Å²) in [7, 11) is 0. The van der Waals surface area contributed by atoms with E-state index < -0.39 is 6.09 Å². The zero-order valence-electron chi connectivity index (χ0n) is 12.0. The van der Waals surface area contributed by atoms with Crippen molar-refractivity contribution in [3.63, 3.8) is 0 Å². The first kappa shape index (κ1) is 14.2. The molecule has 7 nitrogen and oxygen atoms in total. The fourth-order valence-electron chi connectivity index (χ4n) is 2.74. The summed E-state index contributed by atoms with van der Waals surface area (Å²) >= 11 is 0. The van der Waals surface area contributed by atoms with E-state index in [1.165, 1.54) is 4.90 Å². The fourth-order valence-corrected chi connectivity index (χ4v) is 2.74. The number of aromatic nitrogens is 3. The second-order valence-electron chi connectivity index (χ2n) is 5.32. The van der Waals surface area contributed by atoms with E-state index in [9.17, 15) is 4.79 Å². The number of pyridine rings is 1. The Hall–Kier alpha value is -2.70. The number of anilines is 1. The molecule has 0 bridgehead atoms. The van der Waals surface area contributed by atoms with Gasteiger partial charge in [-0.2, -0.15) is 0 Å². The van der Waals surface area contributed by atoms with Crippen LogP contribution in [0.5, 0.6) is 0 Å². The summed E-state index contributed by atoms with van der Waals surface area (Å²) in [6, 6.07) is 3.72. The van der Waals surface area contributed by atoms with Crippen LogP contribution < -0.4 is 5.73 Å². The highest BCUT2D eigenvalue weighted by Crippen LogP contribution is 2.31. The Morgan fingerprint density at radius 3 is 2.55 bits per heavy atom. The van der Waals surface area contributed by atoms with E-state index in [1.807, 2.05) is 6.07 Å². The molecule has 0 unspecified atom stereocenters. The number of nitrogens with two attached hydrogens (primary N) is 1. The maximum atomic E-state index is 11.0. The third-order valence-electron chi connectivity index (χ3n) is 3.98. The second-order valence-corrected chi connectivity index (χ2v) is 5.32. The van der Waals surface area contributed by atoms with Crippen molar-refractivity contribution in [1.82, 2.24) is 19.9 Å². The Labute approximate surface area is 127 Å². The van der Waals surface area contributed by atoms with Crippen LogP contribution in [0.1, 0.15) is 24.3 Å². The van der Waals surface area contributed by atoms with Crippen molar-refractivity contribution in [3.05, 3.63) is 36.3 Å². The van der Waals surface area contributed by atoms with Gasteiger partial charge in [0.2, 0.25) is 0 Å². The smallest absolute Gasteiger partial charge is 0.407 e. The number of hydrogen-bond acceptors (Lipinski definition) is 5. The Balaban J connectivity index is 1.83. The lowest BCUT2D eigenvalue weighted by molar-refractivity contribution is 0.132. The van der Waals surface area contributed by atoms with Crippen LogP contribution in [0.3, 0.4) is 0 Å². The van der Waals surface area contributed by atoms with Crippen LogP contribution in [0.25, 0.3) is 11.4 Å². The molecule has 1 aliphatic heterocycles. The van der Waals surface area contributed by atoms with Gasteiger partial charge in [-0.05, 0) is 36.5 Å². The first-order valence-electron chi connectivity index (χ1n) is 7.16. The molecule has 0 radical (unpaired) electrons. The number of rotatable bonds is 2. The van der Waals surface area contributed by atoms with Crippen molar-refractivity contribution >= 4 is 11.9 Å². The minimum absolute atomic E-state index is 0.283. The number of nitrogens with zero attached hydrogens (tertiary/aromatic N) is 4. The van der Waals surface area contributed by atoms with E-state index in [0.717, 1.165) is 24.0 Å². The molecule has 3 rings (SSSR count). The van der Waals surface area contributed by atoms with Crippen LogP contribution >= 0.6 is 0 Å². The van der Waals surface area contributed by atoms with E-state index in [1.54, 1.807) is 24.7 Å². The summed E-state index contributed by atoms with van der Waals surface area (Å²) in [5, 5.41) is 9.00. The molecule has 114 valence electrons. The second kappa shape index (κ2) is 5.97. The monoisotopic (exact) mass is 299 g/mol. The lowest BCUT2D eigenvalue weighted by Gasteiger charge is -2.30. The number of carboxylic acid groups (broad SMARTS) is 1. The molecule has 0 aromatic carbocycles. The quantitative estimate of drug-likeness (QED) is 0.878. The van der Waals surface area contributed by atoms with Crippen LogP contribution in [-0.4, -0.2) is 44.1 Å². The van der Waals surface area contributed by atoms with Gasteiger partial charge >= 0.3 is 6.09 Å². The van der Waals surface area contributed by atoms with Gasteiger partial charge in [0.05, 0.1) is 5.56 Å². The van der Waals surface area contributed by atoms with Gasteiger partial charge < -0.3 is 15.7 Å². The topological polar surface area (TPSA) is 105 Å². The average molecular weight is 299 g/mol. The molecule has 7 heteroatoms. The molecule has 3 heterocycles. The Bertz CT molecular complexity index is 669. The lowest BCUT2D eigenvalue weighted by atomic mass is 9.90. The summed E-state index contributed by atoms with van der Waals surface area (Å²) in [5.74, 6) is 1.24. The molecule has 0 atom stereocenters. The minimum Gasteiger partial charge on any atom is -0.465 e. The van der Waals surface area contributed by atoms with Crippen molar-refractivity contribution < 1.29 is 9.90 Å². The lowest BCUT2D eigenvalue weighted by Crippen LogP contribution is -2.36. The van der Waals surface area contributed by atoms with Gasteiger partial charge in [0.15, 0.2) is 5.82 Å². The highest BCUT2D eigenvalue weighted by atomic mass is 16.4. The molecule has 1 fully saturated rings. The summed E-state index contributed by atoms with van der Waals surface area (Å²) < 4.78 is 0. The van der Waals surface area contributed by atoms with E-state index in [2.05, 4.69) is 15.0 Å². The molecule has 0 saturated carbocycles. The van der Waals surface area contributed by atoms with Crippen molar-refractivity contribution in [2.45, 2.75) is 18.8 Å². The normalized spacial score (nSPS) is 15.7. The van der Waals surface area contributed by atoms with Crippen LogP contribution in [0.2, 0.25) is 0 Å². The molecular formula is C15H17N5O2. The zero-order chi connectivity index (χ0) is 15.5. The standard InChI is InChI=1S/C15H17N5O2/c16-13-12(14-17-4-1-5-18-14)8-11(9-19-13)10-2-6-20(7-3-10)15(21)22/h1,4-5,8-10H,2-3,6-7H2,(H2,16,19)(H,21,22). The van der Waals surface area contributed by atoms with Crippen molar-refractivity contribution in [2.75, 3.05) is 18.8 Å². The first-order chi connectivity index (χ1) is 10.6. The van der Waals surface area contributed by atoms with Crippen molar-refractivity contribution in [1.29, 1.82) is 0 Å². The molecule has 1 aliphatic rings. The minimum atomic E-state index is -0.854. The largest absolute Gasteiger partial charge is 0.465 e. The molecule has 1 amide bonds. The highest BCUT2D eigenvalue weighted by molar-refractivity contribution is 5.68. The molecule has 2 aromatic heterocycles. The van der Waals surface area contributed by atoms with E-state index in [0.29, 0.717) is 24.7 Å². The summed E-state index contributed by atoms with van der Waals surface area (Å²) in [4.78, 5) is 25.1. The predicted molar refractivity (Wildman–Crippen MR) is 81.2 cm³/mol.